The first-order chi connectivity index (χ1) is 13.2. The molecule has 0 saturated carbocycles. The molecule has 1 unspecified atom stereocenters. The van der Waals surface area contributed by atoms with Crippen LogP contribution in [0.4, 0.5) is 10.1 Å². The van der Waals surface area contributed by atoms with Crippen molar-refractivity contribution in [2.75, 3.05) is 22.9 Å². The van der Waals surface area contributed by atoms with Crippen molar-refractivity contribution in [2.45, 2.75) is 18.7 Å². The minimum atomic E-state index is -3.72. The number of amides is 1. The highest BCUT2D eigenvalue weighted by Gasteiger charge is 2.28. The maximum atomic E-state index is 13.1. The molecule has 1 N–H and O–H groups in total. The van der Waals surface area contributed by atoms with Crippen molar-refractivity contribution in [2.24, 2.45) is 0 Å². The molecular formula is C19H22ClFN2O3S2. The fraction of sp³-hybridized carbons (Fsp3) is 0.316. The highest BCUT2D eigenvalue weighted by atomic mass is 35.5. The van der Waals surface area contributed by atoms with Crippen molar-refractivity contribution in [1.29, 1.82) is 0 Å². The summed E-state index contributed by atoms with van der Waals surface area (Å²) < 4.78 is 38.4. The Kier molecular flexibility index (Phi) is 8.15. The molecule has 0 aliphatic rings. The molecule has 0 aliphatic heterocycles. The molecule has 0 aliphatic carbocycles. The second kappa shape index (κ2) is 10.1. The quantitative estimate of drug-likeness (QED) is 0.599. The van der Waals surface area contributed by atoms with Gasteiger partial charge in [-0.25, -0.2) is 12.8 Å². The van der Waals surface area contributed by atoms with E-state index in [0.29, 0.717) is 17.3 Å². The van der Waals surface area contributed by atoms with E-state index < -0.39 is 27.8 Å². The number of sulfonamides is 1. The third-order valence-corrected chi connectivity index (χ3v) is 6.38. The first-order valence-corrected chi connectivity index (χ1v) is 11.9. The van der Waals surface area contributed by atoms with Crippen molar-refractivity contribution in [1.82, 2.24) is 5.32 Å². The highest BCUT2D eigenvalue weighted by Crippen LogP contribution is 2.21. The van der Waals surface area contributed by atoms with Crippen LogP contribution in [0.25, 0.3) is 0 Å². The maximum Gasteiger partial charge on any atom is 0.243 e. The molecule has 28 heavy (non-hydrogen) atoms. The second-order valence-corrected chi connectivity index (χ2v) is 9.59. The summed E-state index contributed by atoms with van der Waals surface area (Å²) in [5.41, 5.74) is 1.33. The molecule has 2 rings (SSSR count). The van der Waals surface area contributed by atoms with Gasteiger partial charge in [-0.15, -0.1) is 0 Å². The molecule has 0 aromatic heterocycles. The Labute approximate surface area is 174 Å². The van der Waals surface area contributed by atoms with E-state index in [1.54, 1.807) is 11.8 Å². The normalized spacial score (nSPS) is 12.4. The van der Waals surface area contributed by atoms with Gasteiger partial charge in [0.1, 0.15) is 11.9 Å². The first-order valence-electron chi connectivity index (χ1n) is 8.53. The second-order valence-electron chi connectivity index (χ2n) is 6.18. The third kappa shape index (κ3) is 6.68. The zero-order valence-electron chi connectivity index (χ0n) is 15.6. The summed E-state index contributed by atoms with van der Waals surface area (Å²) in [6.45, 7) is 1.90. The molecule has 0 bridgehead atoms. The molecule has 0 saturated heterocycles. The van der Waals surface area contributed by atoms with Crippen molar-refractivity contribution in [3.05, 3.63) is 64.9 Å². The predicted octanol–water partition coefficient (Wildman–Crippen LogP) is 3.68. The number of anilines is 1. The van der Waals surface area contributed by atoms with Crippen LogP contribution in [-0.4, -0.2) is 38.9 Å². The molecule has 0 heterocycles. The molecular weight excluding hydrogens is 423 g/mol. The first kappa shape index (κ1) is 22.5. The molecule has 0 fully saturated rings. The highest BCUT2D eigenvalue weighted by molar-refractivity contribution is 7.98. The number of halogens is 2. The van der Waals surface area contributed by atoms with Crippen LogP contribution in [0, 0.1) is 5.82 Å². The number of thioether (sulfide) groups is 1. The number of carbonyl (C=O) groups is 1. The average molecular weight is 445 g/mol. The molecule has 0 radical (unpaired) electrons. The fourth-order valence-electron chi connectivity index (χ4n) is 2.61. The molecule has 0 spiro atoms. The largest absolute Gasteiger partial charge is 0.353 e. The summed E-state index contributed by atoms with van der Waals surface area (Å²) in [5, 5.41) is 3.43. The van der Waals surface area contributed by atoms with Crippen molar-refractivity contribution < 1.29 is 17.6 Å². The summed E-state index contributed by atoms with van der Waals surface area (Å²) in [7, 11) is -3.72. The Morgan fingerprint density at radius 1 is 1.25 bits per heavy atom. The maximum absolute atomic E-state index is 13.1. The van der Waals surface area contributed by atoms with Gasteiger partial charge in [0.05, 0.1) is 11.9 Å². The molecule has 2 aromatic rings. The standard InChI is InChI=1S/C19H22ClFN2O3S2/c1-14(23(28(2,25)26)18-8-6-17(21)7-9-18)19(24)22-10-11-27-13-15-4-3-5-16(20)12-15/h3-9,12,14H,10-11,13H2,1-2H3,(H,22,24). The smallest absolute Gasteiger partial charge is 0.243 e. The van der Waals surface area contributed by atoms with Gasteiger partial charge in [-0.1, -0.05) is 23.7 Å². The van der Waals surface area contributed by atoms with Crippen molar-refractivity contribution in [3.8, 4) is 0 Å². The van der Waals surface area contributed by atoms with Crippen LogP contribution in [0.15, 0.2) is 48.5 Å². The van der Waals surface area contributed by atoms with Gasteiger partial charge in [0, 0.05) is 23.1 Å². The Balaban J connectivity index is 1.89. The summed E-state index contributed by atoms with van der Waals surface area (Å²) in [5.74, 6) is 0.529. The van der Waals surface area contributed by atoms with Crippen LogP contribution < -0.4 is 9.62 Å². The van der Waals surface area contributed by atoms with Gasteiger partial charge in [-0.3, -0.25) is 9.10 Å². The number of carbonyl (C=O) groups excluding carboxylic acids is 1. The zero-order chi connectivity index (χ0) is 20.7. The molecule has 152 valence electrons. The average Bonchev–Trinajstić information content (AvgIpc) is 2.62. The van der Waals surface area contributed by atoms with E-state index in [0.717, 1.165) is 34.0 Å². The number of rotatable bonds is 9. The lowest BCUT2D eigenvalue weighted by Crippen LogP contribution is -2.48. The fourth-order valence-corrected chi connectivity index (χ4v) is 4.80. The van der Waals surface area contributed by atoms with Crippen LogP contribution in [0.2, 0.25) is 5.02 Å². The molecule has 5 nitrogen and oxygen atoms in total. The van der Waals surface area contributed by atoms with Gasteiger partial charge in [0.2, 0.25) is 15.9 Å². The predicted molar refractivity (Wildman–Crippen MR) is 114 cm³/mol. The molecule has 1 amide bonds. The summed E-state index contributed by atoms with van der Waals surface area (Å²) in [4.78, 5) is 12.4. The number of benzene rings is 2. The van der Waals surface area contributed by atoms with Gasteiger partial charge in [0.25, 0.3) is 0 Å². The van der Waals surface area contributed by atoms with Gasteiger partial charge in [-0.05, 0) is 48.9 Å². The molecule has 9 heteroatoms. The van der Waals surface area contributed by atoms with Crippen molar-refractivity contribution >= 4 is 45.0 Å². The van der Waals surface area contributed by atoms with Crippen LogP contribution in [0.5, 0.6) is 0 Å². The monoisotopic (exact) mass is 444 g/mol. The van der Waals surface area contributed by atoms with Gasteiger partial charge in [-0.2, -0.15) is 11.8 Å². The van der Waals surface area contributed by atoms with Crippen LogP contribution in [0.3, 0.4) is 0 Å². The van der Waals surface area contributed by atoms with E-state index in [-0.39, 0.29) is 5.69 Å². The van der Waals surface area contributed by atoms with E-state index >= 15 is 0 Å². The van der Waals surface area contributed by atoms with Gasteiger partial charge < -0.3 is 5.32 Å². The SMILES string of the molecule is CC(C(=O)NCCSCc1cccc(Cl)c1)N(c1ccc(F)cc1)S(C)(=O)=O. The topological polar surface area (TPSA) is 66.5 Å². The molecule has 2 aromatic carbocycles. The lowest BCUT2D eigenvalue weighted by atomic mass is 10.2. The Bertz CT molecular complexity index is 908. The summed E-state index contributed by atoms with van der Waals surface area (Å²) in [6, 6.07) is 11.6. The Morgan fingerprint density at radius 2 is 1.93 bits per heavy atom. The van der Waals surface area contributed by atoms with E-state index in [2.05, 4.69) is 5.32 Å². The summed E-state index contributed by atoms with van der Waals surface area (Å²) in [6.07, 6.45) is 1.01. The number of hydrogen-bond donors (Lipinski definition) is 1. The minimum absolute atomic E-state index is 0.238. The molecule has 1 atom stereocenters. The lowest BCUT2D eigenvalue weighted by molar-refractivity contribution is -0.121. The van der Waals surface area contributed by atoms with Crippen molar-refractivity contribution in [3.63, 3.8) is 0 Å². The number of nitrogens with zero attached hydrogens (tertiary/aromatic N) is 1. The number of nitrogens with one attached hydrogen (secondary N) is 1. The van der Waals surface area contributed by atoms with E-state index in [1.165, 1.54) is 19.1 Å². The van der Waals surface area contributed by atoms with Crippen LogP contribution in [-0.2, 0) is 20.6 Å². The van der Waals surface area contributed by atoms with Gasteiger partial charge >= 0.3 is 0 Å². The van der Waals surface area contributed by atoms with Gasteiger partial charge in [0.15, 0.2) is 0 Å². The van der Waals surface area contributed by atoms with Crippen LogP contribution >= 0.6 is 23.4 Å². The Hall–Kier alpha value is -1.77. The van der Waals surface area contributed by atoms with E-state index in [9.17, 15) is 17.6 Å². The van der Waals surface area contributed by atoms with Crippen LogP contribution in [0.1, 0.15) is 12.5 Å². The summed E-state index contributed by atoms with van der Waals surface area (Å²) >= 11 is 7.58. The van der Waals surface area contributed by atoms with E-state index in [4.69, 9.17) is 11.6 Å². The Morgan fingerprint density at radius 3 is 2.54 bits per heavy atom. The minimum Gasteiger partial charge on any atom is -0.353 e. The lowest BCUT2D eigenvalue weighted by Gasteiger charge is -2.28. The van der Waals surface area contributed by atoms with E-state index in [1.807, 2.05) is 24.3 Å². The number of hydrogen-bond acceptors (Lipinski definition) is 4. The zero-order valence-corrected chi connectivity index (χ0v) is 18.0. The third-order valence-electron chi connectivity index (χ3n) is 3.87.